The Morgan fingerprint density at radius 2 is 2.38 bits per heavy atom. The van der Waals surface area contributed by atoms with Crippen molar-refractivity contribution in [1.82, 2.24) is 10.2 Å². The van der Waals surface area contributed by atoms with Crippen LogP contribution in [0.1, 0.15) is 18.4 Å². The van der Waals surface area contributed by atoms with Crippen LogP contribution in [0.3, 0.4) is 0 Å². The summed E-state index contributed by atoms with van der Waals surface area (Å²) in [6, 6.07) is 5.12. The smallest absolute Gasteiger partial charge is 0.146 e. The lowest BCUT2D eigenvalue weighted by atomic mass is 10.2. The molecule has 1 saturated heterocycles. The van der Waals surface area contributed by atoms with Gasteiger partial charge in [0.25, 0.3) is 0 Å². The molecule has 1 N–H and O–H groups in total. The monoisotopic (exact) mass is 242 g/mol. The van der Waals surface area contributed by atoms with Gasteiger partial charge in [-0.15, -0.1) is 0 Å². The van der Waals surface area contributed by atoms with Gasteiger partial charge in [0.15, 0.2) is 0 Å². The molecule has 0 spiro atoms. The van der Waals surface area contributed by atoms with Gasteiger partial charge >= 0.3 is 0 Å². The van der Waals surface area contributed by atoms with Gasteiger partial charge in [-0.05, 0) is 32.5 Å². The molecule has 0 bridgehead atoms. The first-order valence-corrected chi connectivity index (χ1v) is 5.93. The average molecular weight is 243 g/mol. The molecule has 1 heterocycles. The molecular weight excluding hydrogens is 227 g/mol. The number of benzene rings is 1. The molecule has 1 aromatic rings. The summed E-state index contributed by atoms with van der Waals surface area (Å²) < 4.78 is 13.6. The molecule has 4 heteroatoms. The number of nitrogens with one attached hydrogen (secondary N) is 1. The molecule has 2 nitrogen and oxygen atoms in total. The van der Waals surface area contributed by atoms with Crippen molar-refractivity contribution in [3.63, 3.8) is 0 Å². The quantitative estimate of drug-likeness (QED) is 0.877. The normalized spacial score (nSPS) is 21.6. The van der Waals surface area contributed by atoms with Crippen LogP contribution in [0.4, 0.5) is 4.39 Å². The summed E-state index contributed by atoms with van der Waals surface area (Å²) in [7, 11) is 2.08. The van der Waals surface area contributed by atoms with Crippen LogP contribution in [0, 0.1) is 5.82 Å². The fourth-order valence-corrected chi connectivity index (χ4v) is 2.28. The molecule has 16 heavy (non-hydrogen) atoms. The molecule has 0 aliphatic carbocycles. The standard InChI is InChI=1S/C12H16ClFN2/c1-16-7-3-6-11(16)15-8-9-4-2-5-10(13)12(9)14/h2,4-5,11,15H,3,6-8H2,1H3. The van der Waals surface area contributed by atoms with E-state index in [0.717, 1.165) is 13.0 Å². The Morgan fingerprint density at radius 3 is 3.06 bits per heavy atom. The van der Waals surface area contributed by atoms with E-state index in [1.54, 1.807) is 18.2 Å². The van der Waals surface area contributed by atoms with Gasteiger partial charge in [-0.3, -0.25) is 10.2 Å². The maximum absolute atomic E-state index is 13.6. The van der Waals surface area contributed by atoms with Crippen molar-refractivity contribution in [2.24, 2.45) is 0 Å². The Kier molecular flexibility index (Phi) is 3.79. The van der Waals surface area contributed by atoms with Crippen molar-refractivity contribution < 1.29 is 4.39 Å². The third kappa shape index (κ3) is 2.54. The van der Waals surface area contributed by atoms with E-state index < -0.39 is 0 Å². The molecule has 1 aliphatic heterocycles. The van der Waals surface area contributed by atoms with E-state index in [9.17, 15) is 4.39 Å². The van der Waals surface area contributed by atoms with Gasteiger partial charge in [0.1, 0.15) is 5.82 Å². The maximum Gasteiger partial charge on any atom is 0.146 e. The van der Waals surface area contributed by atoms with E-state index in [1.165, 1.54) is 6.42 Å². The van der Waals surface area contributed by atoms with E-state index in [0.29, 0.717) is 18.3 Å². The Bertz CT molecular complexity index is 370. The molecule has 1 atom stereocenters. The molecule has 1 fully saturated rings. The second kappa shape index (κ2) is 5.13. The zero-order valence-corrected chi connectivity index (χ0v) is 10.1. The summed E-state index contributed by atoms with van der Waals surface area (Å²) in [5.41, 5.74) is 0.632. The van der Waals surface area contributed by atoms with Crippen LogP contribution in [-0.2, 0) is 6.54 Å². The van der Waals surface area contributed by atoms with Crippen molar-refractivity contribution in [2.45, 2.75) is 25.6 Å². The maximum atomic E-state index is 13.6. The molecule has 1 unspecified atom stereocenters. The summed E-state index contributed by atoms with van der Waals surface area (Å²) in [6.07, 6.45) is 2.68. The van der Waals surface area contributed by atoms with Gasteiger partial charge in [-0.2, -0.15) is 0 Å². The van der Waals surface area contributed by atoms with Crippen LogP contribution < -0.4 is 5.32 Å². The first-order chi connectivity index (χ1) is 7.68. The van der Waals surface area contributed by atoms with E-state index >= 15 is 0 Å². The Morgan fingerprint density at radius 1 is 1.56 bits per heavy atom. The van der Waals surface area contributed by atoms with Gasteiger partial charge in [-0.25, -0.2) is 4.39 Å². The molecule has 88 valence electrons. The minimum atomic E-state index is -0.308. The number of likely N-dealkylation sites (tertiary alicyclic amines) is 1. The lowest BCUT2D eigenvalue weighted by Crippen LogP contribution is -2.38. The van der Waals surface area contributed by atoms with Crippen LogP contribution in [0.15, 0.2) is 18.2 Å². The Balaban J connectivity index is 1.96. The summed E-state index contributed by atoms with van der Waals surface area (Å²) >= 11 is 5.72. The van der Waals surface area contributed by atoms with Crippen molar-refractivity contribution in [2.75, 3.05) is 13.6 Å². The number of hydrogen-bond acceptors (Lipinski definition) is 2. The van der Waals surface area contributed by atoms with Gasteiger partial charge in [0.05, 0.1) is 11.2 Å². The lowest BCUT2D eigenvalue weighted by Gasteiger charge is -2.21. The van der Waals surface area contributed by atoms with Crippen LogP contribution in [-0.4, -0.2) is 24.7 Å². The summed E-state index contributed by atoms with van der Waals surface area (Å²) in [6.45, 7) is 1.64. The van der Waals surface area contributed by atoms with Crippen molar-refractivity contribution in [3.8, 4) is 0 Å². The van der Waals surface area contributed by atoms with Crippen molar-refractivity contribution in [3.05, 3.63) is 34.6 Å². The zero-order chi connectivity index (χ0) is 11.5. The second-order valence-electron chi connectivity index (χ2n) is 4.23. The average Bonchev–Trinajstić information content (AvgIpc) is 2.67. The summed E-state index contributed by atoms with van der Waals surface area (Å²) in [5.74, 6) is -0.308. The highest BCUT2D eigenvalue weighted by atomic mass is 35.5. The van der Waals surface area contributed by atoms with Gasteiger partial charge in [0, 0.05) is 12.1 Å². The molecule has 1 aromatic carbocycles. The highest BCUT2D eigenvalue weighted by Crippen LogP contribution is 2.19. The zero-order valence-electron chi connectivity index (χ0n) is 9.34. The first-order valence-electron chi connectivity index (χ1n) is 5.55. The first kappa shape index (κ1) is 11.8. The minimum absolute atomic E-state index is 0.194. The molecule has 0 saturated carbocycles. The fourth-order valence-electron chi connectivity index (χ4n) is 2.08. The summed E-state index contributed by atoms with van der Waals surface area (Å²) in [4.78, 5) is 2.25. The molecule has 0 amide bonds. The van der Waals surface area contributed by atoms with Crippen LogP contribution in [0.5, 0.6) is 0 Å². The third-order valence-corrected chi connectivity index (χ3v) is 3.37. The summed E-state index contributed by atoms with van der Waals surface area (Å²) in [5, 5.41) is 3.54. The molecule has 1 aliphatic rings. The van der Waals surface area contributed by atoms with Gasteiger partial charge in [0.2, 0.25) is 0 Å². The highest BCUT2D eigenvalue weighted by molar-refractivity contribution is 6.30. The SMILES string of the molecule is CN1CCCC1NCc1cccc(Cl)c1F. The number of hydrogen-bond donors (Lipinski definition) is 1. The Hall–Kier alpha value is -0.640. The second-order valence-corrected chi connectivity index (χ2v) is 4.64. The third-order valence-electron chi connectivity index (χ3n) is 3.08. The van der Waals surface area contributed by atoms with E-state index in [4.69, 9.17) is 11.6 Å². The van der Waals surface area contributed by atoms with E-state index in [-0.39, 0.29) is 10.8 Å². The van der Waals surface area contributed by atoms with Gasteiger partial charge in [-0.1, -0.05) is 23.7 Å². The van der Waals surface area contributed by atoms with Gasteiger partial charge < -0.3 is 0 Å². The van der Waals surface area contributed by atoms with Crippen LogP contribution in [0.2, 0.25) is 5.02 Å². The lowest BCUT2D eigenvalue weighted by molar-refractivity contribution is 0.262. The largest absolute Gasteiger partial charge is 0.298 e. The molecule has 0 aromatic heterocycles. The number of rotatable bonds is 3. The molecule has 2 rings (SSSR count). The molecule has 0 radical (unpaired) electrons. The minimum Gasteiger partial charge on any atom is -0.298 e. The van der Waals surface area contributed by atoms with Crippen molar-refractivity contribution in [1.29, 1.82) is 0 Å². The number of halogens is 2. The predicted octanol–water partition coefficient (Wildman–Crippen LogP) is 2.62. The highest BCUT2D eigenvalue weighted by Gasteiger charge is 2.20. The van der Waals surface area contributed by atoms with Crippen LogP contribution in [0.25, 0.3) is 0 Å². The van der Waals surface area contributed by atoms with E-state index in [1.807, 2.05) is 0 Å². The Labute approximate surface area is 100 Å². The topological polar surface area (TPSA) is 15.3 Å². The van der Waals surface area contributed by atoms with E-state index in [2.05, 4.69) is 17.3 Å². The fraction of sp³-hybridized carbons (Fsp3) is 0.500. The molecular formula is C12H16ClFN2. The predicted molar refractivity (Wildman–Crippen MR) is 63.9 cm³/mol. The van der Waals surface area contributed by atoms with Crippen molar-refractivity contribution >= 4 is 11.6 Å². The number of nitrogens with zero attached hydrogens (tertiary/aromatic N) is 1. The van der Waals surface area contributed by atoms with Crippen LogP contribution >= 0.6 is 11.6 Å².